The molecule has 0 aliphatic rings. The smallest absolute Gasteiger partial charge is 0.239 e. The first-order valence-electron chi connectivity index (χ1n) is 7.88. The lowest BCUT2D eigenvalue weighted by Gasteiger charge is -2.20. The van der Waals surface area contributed by atoms with Gasteiger partial charge in [0.05, 0.1) is 12.3 Å². The Morgan fingerprint density at radius 2 is 2.10 bits per heavy atom. The number of rotatable bonds is 10. The molecular weight excluding hydrogens is 264 g/mol. The molecule has 5 heteroatoms. The van der Waals surface area contributed by atoms with Gasteiger partial charge in [0.2, 0.25) is 5.88 Å². The van der Waals surface area contributed by atoms with E-state index in [-0.39, 0.29) is 0 Å². The number of anilines is 2. The second-order valence-electron chi connectivity index (χ2n) is 5.65. The minimum atomic E-state index is 0.529. The summed E-state index contributed by atoms with van der Waals surface area (Å²) in [6, 6.07) is 4.34. The minimum Gasteiger partial charge on any atom is -0.476 e. The predicted molar refractivity (Wildman–Crippen MR) is 89.9 cm³/mol. The predicted octanol–water partition coefficient (Wildman–Crippen LogP) is 2.98. The molecule has 0 radical (unpaired) electrons. The summed E-state index contributed by atoms with van der Waals surface area (Å²) in [6.45, 7) is 9.17. The third-order valence-electron chi connectivity index (χ3n) is 3.46. The number of ether oxygens (including phenoxy) is 1. The highest BCUT2D eigenvalue weighted by Gasteiger charge is 2.04. The van der Waals surface area contributed by atoms with E-state index >= 15 is 0 Å². The molecule has 0 aliphatic heterocycles. The van der Waals surface area contributed by atoms with Crippen molar-refractivity contribution in [2.45, 2.75) is 46.1 Å². The Morgan fingerprint density at radius 3 is 2.76 bits per heavy atom. The van der Waals surface area contributed by atoms with E-state index in [1.54, 1.807) is 0 Å². The zero-order valence-electron chi connectivity index (χ0n) is 13.9. The Labute approximate surface area is 128 Å². The van der Waals surface area contributed by atoms with Crippen LogP contribution in [0.15, 0.2) is 12.1 Å². The van der Waals surface area contributed by atoms with E-state index in [2.05, 4.69) is 43.0 Å². The van der Waals surface area contributed by atoms with Crippen molar-refractivity contribution < 1.29 is 4.74 Å². The lowest BCUT2D eigenvalue weighted by atomic mass is 10.2. The van der Waals surface area contributed by atoms with Gasteiger partial charge in [-0.05, 0) is 58.8 Å². The normalized spacial score (nSPS) is 11.1. The largest absolute Gasteiger partial charge is 0.476 e. The number of unbranched alkanes of at least 4 members (excludes halogenated alkanes) is 1. The number of nitrogens with one attached hydrogen (secondary N) is 1. The molecule has 1 aromatic heterocycles. The average molecular weight is 294 g/mol. The minimum absolute atomic E-state index is 0.529. The highest BCUT2D eigenvalue weighted by atomic mass is 16.5. The van der Waals surface area contributed by atoms with Crippen LogP contribution in [0, 0.1) is 0 Å². The van der Waals surface area contributed by atoms with Crippen molar-refractivity contribution in [3.05, 3.63) is 12.1 Å². The summed E-state index contributed by atoms with van der Waals surface area (Å²) in [7, 11) is 2.16. The highest BCUT2D eigenvalue weighted by Crippen LogP contribution is 2.20. The molecule has 0 aromatic carbocycles. The number of hydrogen-bond acceptors (Lipinski definition) is 5. The van der Waals surface area contributed by atoms with Crippen LogP contribution in [-0.4, -0.2) is 42.7 Å². The number of pyridine rings is 1. The molecule has 1 aromatic rings. The van der Waals surface area contributed by atoms with Gasteiger partial charge in [-0.1, -0.05) is 6.92 Å². The molecule has 0 amide bonds. The lowest BCUT2D eigenvalue weighted by Crippen LogP contribution is -2.27. The van der Waals surface area contributed by atoms with Gasteiger partial charge in [0.15, 0.2) is 0 Å². The van der Waals surface area contributed by atoms with E-state index in [1.807, 2.05) is 12.1 Å². The molecular formula is C16H30N4O. The second kappa shape index (κ2) is 9.45. The Kier molecular flexibility index (Phi) is 7.90. The Bertz CT molecular complexity index is 409. The van der Waals surface area contributed by atoms with Gasteiger partial charge in [-0.2, -0.15) is 4.98 Å². The summed E-state index contributed by atoms with van der Waals surface area (Å²) < 4.78 is 5.53. The van der Waals surface area contributed by atoms with Gasteiger partial charge in [-0.25, -0.2) is 0 Å². The number of nitrogen functional groups attached to an aromatic ring is 1. The Hall–Kier alpha value is -1.49. The maximum absolute atomic E-state index is 5.85. The van der Waals surface area contributed by atoms with Crippen molar-refractivity contribution in [1.29, 1.82) is 0 Å². The molecule has 1 heterocycles. The summed E-state index contributed by atoms with van der Waals surface area (Å²) in [4.78, 5) is 6.76. The third kappa shape index (κ3) is 6.67. The standard InChI is InChI=1S/C16H30N4O/c1-5-12-21-16-14(17)8-9-15(19-16)18-10-6-7-11-20(4)13(2)3/h8-9,13H,5-7,10-12,17H2,1-4H3,(H,18,19). The van der Waals surface area contributed by atoms with Crippen molar-refractivity contribution >= 4 is 11.5 Å². The first-order chi connectivity index (χ1) is 10.0. The fourth-order valence-corrected chi connectivity index (χ4v) is 1.82. The molecule has 0 unspecified atom stereocenters. The number of hydrogen-bond donors (Lipinski definition) is 2. The Morgan fingerprint density at radius 1 is 1.33 bits per heavy atom. The zero-order valence-corrected chi connectivity index (χ0v) is 13.9. The third-order valence-corrected chi connectivity index (χ3v) is 3.46. The van der Waals surface area contributed by atoms with Crippen LogP contribution >= 0.6 is 0 Å². The summed E-state index contributed by atoms with van der Waals surface area (Å²) in [5.74, 6) is 1.36. The van der Waals surface area contributed by atoms with Gasteiger partial charge in [-0.15, -0.1) is 0 Å². The van der Waals surface area contributed by atoms with E-state index in [1.165, 1.54) is 6.42 Å². The van der Waals surface area contributed by atoms with Crippen LogP contribution in [0.3, 0.4) is 0 Å². The van der Waals surface area contributed by atoms with Crippen molar-refractivity contribution in [2.24, 2.45) is 0 Å². The van der Waals surface area contributed by atoms with Crippen molar-refractivity contribution in [1.82, 2.24) is 9.88 Å². The van der Waals surface area contributed by atoms with Gasteiger partial charge in [0.25, 0.3) is 0 Å². The lowest BCUT2D eigenvalue weighted by molar-refractivity contribution is 0.269. The molecule has 0 fully saturated rings. The van der Waals surface area contributed by atoms with Crippen LogP contribution in [0.2, 0.25) is 0 Å². The van der Waals surface area contributed by atoms with Crippen molar-refractivity contribution in [2.75, 3.05) is 37.8 Å². The van der Waals surface area contributed by atoms with E-state index in [0.29, 0.717) is 24.2 Å². The fraction of sp³-hybridized carbons (Fsp3) is 0.688. The quantitative estimate of drug-likeness (QED) is 0.650. The fourth-order valence-electron chi connectivity index (χ4n) is 1.82. The molecule has 1 rings (SSSR count). The molecule has 0 saturated heterocycles. The summed E-state index contributed by atoms with van der Waals surface area (Å²) in [5.41, 5.74) is 6.44. The van der Waals surface area contributed by atoms with Gasteiger partial charge < -0.3 is 20.7 Å². The maximum atomic E-state index is 5.85. The van der Waals surface area contributed by atoms with E-state index in [9.17, 15) is 0 Å². The molecule has 3 N–H and O–H groups in total. The van der Waals surface area contributed by atoms with Crippen molar-refractivity contribution in [3.8, 4) is 5.88 Å². The van der Waals surface area contributed by atoms with Gasteiger partial charge >= 0.3 is 0 Å². The number of nitrogens with two attached hydrogens (primary N) is 1. The van der Waals surface area contributed by atoms with Crippen LogP contribution in [0.25, 0.3) is 0 Å². The van der Waals surface area contributed by atoms with Crippen LogP contribution in [-0.2, 0) is 0 Å². The molecule has 0 spiro atoms. The second-order valence-corrected chi connectivity index (χ2v) is 5.65. The molecule has 5 nitrogen and oxygen atoms in total. The van der Waals surface area contributed by atoms with E-state index in [0.717, 1.165) is 31.7 Å². The molecule has 0 saturated carbocycles. The topological polar surface area (TPSA) is 63.4 Å². The monoisotopic (exact) mass is 294 g/mol. The number of aromatic nitrogens is 1. The van der Waals surface area contributed by atoms with E-state index in [4.69, 9.17) is 10.5 Å². The van der Waals surface area contributed by atoms with Crippen LogP contribution in [0.4, 0.5) is 11.5 Å². The van der Waals surface area contributed by atoms with Gasteiger partial charge in [0.1, 0.15) is 5.82 Å². The molecule has 0 aliphatic carbocycles. The zero-order chi connectivity index (χ0) is 15.7. The van der Waals surface area contributed by atoms with Crippen LogP contribution < -0.4 is 15.8 Å². The highest BCUT2D eigenvalue weighted by molar-refractivity contribution is 5.53. The number of nitrogens with zero attached hydrogens (tertiary/aromatic N) is 2. The molecule has 21 heavy (non-hydrogen) atoms. The summed E-state index contributed by atoms with van der Waals surface area (Å²) in [5, 5.41) is 3.33. The first-order valence-corrected chi connectivity index (χ1v) is 7.88. The average Bonchev–Trinajstić information content (AvgIpc) is 2.46. The first kappa shape index (κ1) is 17.6. The Balaban J connectivity index is 2.32. The van der Waals surface area contributed by atoms with Gasteiger partial charge in [0, 0.05) is 12.6 Å². The van der Waals surface area contributed by atoms with Gasteiger partial charge in [-0.3, -0.25) is 0 Å². The molecule has 0 atom stereocenters. The van der Waals surface area contributed by atoms with Crippen LogP contribution in [0.5, 0.6) is 5.88 Å². The molecule has 0 bridgehead atoms. The summed E-state index contributed by atoms with van der Waals surface area (Å²) in [6.07, 6.45) is 3.24. The van der Waals surface area contributed by atoms with Crippen molar-refractivity contribution in [3.63, 3.8) is 0 Å². The SMILES string of the molecule is CCCOc1nc(NCCCCN(C)C(C)C)ccc1N. The van der Waals surface area contributed by atoms with Crippen LogP contribution in [0.1, 0.15) is 40.0 Å². The maximum Gasteiger partial charge on any atom is 0.239 e. The molecule has 120 valence electrons. The van der Waals surface area contributed by atoms with E-state index < -0.39 is 0 Å². The summed E-state index contributed by atoms with van der Waals surface area (Å²) >= 11 is 0.